The first-order valence-electron chi connectivity index (χ1n) is 11.7. The smallest absolute Gasteiger partial charge is 0.289 e. The van der Waals surface area contributed by atoms with Crippen LogP contribution in [0.25, 0.3) is 21.9 Å². The molecule has 35 heavy (non-hydrogen) atoms. The van der Waals surface area contributed by atoms with Crippen LogP contribution in [0.5, 0.6) is 11.5 Å². The molecule has 10 nitrogen and oxygen atoms in total. The van der Waals surface area contributed by atoms with Gasteiger partial charge in [0.2, 0.25) is 12.6 Å². The molecule has 0 atom stereocenters. The number of amides is 1. The lowest BCUT2D eigenvalue weighted by Gasteiger charge is -2.26. The van der Waals surface area contributed by atoms with Crippen LogP contribution in [-0.4, -0.2) is 65.0 Å². The minimum Gasteiger partial charge on any atom is -0.454 e. The molecular weight excluding hydrogens is 448 g/mol. The first kappa shape index (κ1) is 21.6. The van der Waals surface area contributed by atoms with Gasteiger partial charge in [-0.2, -0.15) is 0 Å². The number of nitrogen functional groups attached to an aromatic ring is 1. The number of carbonyl (C=O) groups is 1. The van der Waals surface area contributed by atoms with E-state index in [9.17, 15) is 4.79 Å². The van der Waals surface area contributed by atoms with E-state index in [1.807, 2.05) is 36.4 Å². The molecule has 0 radical (unpaired) electrons. The number of nitrogens with zero attached hydrogens (tertiary/aromatic N) is 4. The van der Waals surface area contributed by atoms with Crippen molar-refractivity contribution in [1.29, 1.82) is 0 Å². The van der Waals surface area contributed by atoms with Crippen molar-refractivity contribution in [2.75, 3.05) is 45.4 Å². The number of ether oxygens (including phenoxy) is 3. The van der Waals surface area contributed by atoms with Gasteiger partial charge in [-0.3, -0.25) is 9.69 Å². The molecule has 2 aliphatic heterocycles. The molecule has 0 saturated carbocycles. The molecule has 1 saturated heterocycles. The Labute approximate surface area is 201 Å². The number of hydrogen-bond donors (Lipinski definition) is 2. The van der Waals surface area contributed by atoms with Crippen molar-refractivity contribution in [3.8, 4) is 11.5 Å². The highest BCUT2D eigenvalue weighted by molar-refractivity contribution is 6.12. The predicted molar refractivity (Wildman–Crippen MR) is 130 cm³/mol. The standard InChI is InChI=1S/C25H26N6O4/c26-22-21-17-3-1-2-4-18(17)31(8-7-30-9-11-33-12-10-30)24(21)29-23(28-22)25(32)27-14-16-5-6-19-20(13-16)35-15-34-19/h1-6,13H,7-12,14-15H2,(H,27,32)(H2,26,28,29). The number of rotatable bonds is 6. The van der Waals surface area contributed by atoms with Crippen LogP contribution >= 0.6 is 0 Å². The molecule has 6 rings (SSSR count). The third kappa shape index (κ3) is 4.11. The number of aromatic nitrogens is 3. The van der Waals surface area contributed by atoms with Crippen LogP contribution in [0.4, 0.5) is 5.82 Å². The van der Waals surface area contributed by atoms with E-state index in [-0.39, 0.29) is 18.5 Å². The number of nitrogens with one attached hydrogen (secondary N) is 1. The molecule has 4 aromatic rings. The number of benzene rings is 2. The third-order valence-electron chi connectivity index (χ3n) is 6.47. The fourth-order valence-electron chi connectivity index (χ4n) is 4.66. The van der Waals surface area contributed by atoms with Gasteiger partial charge in [0.05, 0.1) is 24.1 Å². The predicted octanol–water partition coefficient (Wildman–Crippen LogP) is 2.16. The van der Waals surface area contributed by atoms with Crippen molar-refractivity contribution in [2.45, 2.75) is 13.1 Å². The SMILES string of the molecule is Nc1nc(C(=O)NCc2ccc3c(c2)OCO3)nc2c1c1ccccc1n2CCN1CCOCC1. The van der Waals surface area contributed by atoms with Crippen LogP contribution in [0.15, 0.2) is 42.5 Å². The maximum atomic E-state index is 13.0. The second kappa shape index (κ2) is 9.05. The number of morpholine rings is 1. The summed E-state index contributed by atoms with van der Waals surface area (Å²) in [7, 11) is 0. The molecule has 3 N–H and O–H groups in total. The largest absolute Gasteiger partial charge is 0.454 e. The van der Waals surface area contributed by atoms with E-state index in [0.717, 1.165) is 61.2 Å². The van der Waals surface area contributed by atoms with E-state index in [1.165, 1.54) is 0 Å². The molecule has 0 aliphatic carbocycles. The Hall–Kier alpha value is -3.89. The Balaban J connectivity index is 1.29. The minimum absolute atomic E-state index is 0.0474. The van der Waals surface area contributed by atoms with E-state index in [2.05, 4.69) is 30.8 Å². The third-order valence-corrected chi connectivity index (χ3v) is 6.47. The van der Waals surface area contributed by atoms with Crippen LogP contribution in [0.1, 0.15) is 16.2 Å². The number of fused-ring (bicyclic) bond motifs is 4. The molecular formula is C25H26N6O4. The van der Waals surface area contributed by atoms with Crippen LogP contribution in [0.2, 0.25) is 0 Å². The lowest BCUT2D eigenvalue weighted by molar-refractivity contribution is 0.0366. The van der Waals surface area contributed by atoms with Gasteiger partial charge in [0, 0.05) is 38.1 Å². The van der Waals surface area contributed by atoms with Crippen molar-refractivity contribution < 1.29 is 19.0 Å². The number of para-hydroxylation sites is 1. The zero-order valence-electron chi connectivity index (χ0n) is 19.2. The van der Waals surface area contributed by atoms with Gasteiger partial charge in [0.25, 0.3) is 5.91 Å². The molecule has 0 unspecified atom stereocenters. The summed E-state index contributed by atoms with van der Waals surface area (Å²) < 4.78 is 18.4. The summed E-state index contributed by atoms with van der Waals surface area (Å²) in [6.07, 6.45) is 0. The average molecular weight is 475 g/mol. The lowest BCUT2D eigenvalue weighted by Crippen LogP contribution is -2.38. The molecule has 0 bridgehead atoms. The zero-order chi connectivity index (χ0) is 23.8. The molecule has 180 valence electrons. The summed E-state index contributed by atoms with van der Waals surface area (Å²) in [5.41, 5.74) is 8.96. The Morgan fingerprint density at radius 2 is 1.86 bits per heavy atom. The van der Waals surface area contributed by atoms with Gasteiger partial charge in [0.15, 0.2) is 11.5 Å². The summed E-state index contributed by atoms with van der Waals surface area (Å²) in [5.74, 6) is 1.33. The highest BCUT2D eigenvalue weighted by Crippen LogP contribution is 2.33. The summed E-state index contributed by atoms with van der Waals surface area (Å²) in [6.45, 7) is 5.38. The zero-order valence-corrected chi connectivity index (χ0v) is 19.2. The Kier molecular flexibility index (Phi) is 5.59. The minimum atomic E-state index is -0.388. The summed E-state index contributed by atoms with van der Waals surface area (Å²) in [6, 6.07) is 13.6. The first-order valence-corrected chi connectivity index (χ1v) is 11.7. The Morgan fingerprint density at radius 1 is 1.03 bits per heavy atom. The van der Waals surface area contributed by atoms with Crippen LogP contribution < -0.4 is 20.5 Å². The molecule has 4 heterocycles. The van der Waals surface area contributed by atoms with Gasteiger partial charge in [-0.05, 0) is 23.8 Å². The van der Waals surface area contributed by atoms with E-state index >= 15 is 0 Å². The summed E-state index contributed by atoms with van der Waals surface area (Å²) >= 11 is 0. The van der Waals surface area contributed by atoms with Crippen LogP contribution in [0.3, 0.4) is 0 Å². The van der Waals surface area contributed by atoms with Crippen molar-refractivity contribution in [3.05, 3.63) is 53.9 Å². The molecule has 0 spiro atoms. The topological polar surface area (TPSA) is 117 Å². The Bertz CT molecular complexity index is 1410. The Morgan fingerprint density at radius 3 is 2.74 bits per heavy atom. The number of carbonyl (C=O) groups excluding carboxylic acids is 1. The van der Waals surface area contributed by atoms with Crippen LogP contribution in [0, 0.1) is 0 Å². The van der Waals surface area contributed by atoms with E-state index in [1.54, 1.807) is 0 Å². The van der Waals surface area contributed by atoms with Crippen molar-refractivity contribution in [2.24, 2.45) is 0 Å². The number of hydrogen-bond acceptors (Lipinski definition) is 8. The highest BCUT2D eigenvalue weighted by Gasteiger charge is 2.21. The number of anilines is 1. The van der Waals surface area contributed by atoms with Crippen molar-refractivity contribution in [1.82, 2.24) is 24.8 Å². The fraction of sp³-hybridized carbons (Fsp3) is 0.320. The van der Waals surface area contributed by atoms with E-state index < -0.39 is 0 Å². The average Bonchev–Trinajstić information content (AvgIpc) is 3.48. The van der Waals surface area contributed by atoms with Gasteiger partial charge in [0.1, 0.15) is 11.5 Å². The van der Waals surface area contributed by atoms with Gasteiger partial charge < -0.3 is 29.8 Å². The second-order valence-electron chi connectivity index (χ2n) is 8.62. The van der Waals surface area contributed by atoms with E-state index in [4.69, 9.17) is 19.9 Å². The van der Waals surface area contributed by atoms with E-state index in [0.29, 0.717) is 29.5 Å². The maximum Gasteiger partial charge on any atom is 0.289 e. The summed E-state index contributed by atoms with van der Waals surface area (Å²) in [4.78, 5) is 24.4. The molecule has 1 amide bonds. The van der Waals surface area contributed by atoms with Crippen molar-refractivity contribution in [3.63, 3.8) is 0 Å². The number of nitrogens with two attached hydrogens (primary N) is 1. The molecule has 1 fully saturated rings. The molecule has 2 aromatic carbocycles. The normalized spacial score (nSPS) is 15.7. The van der Waals surface area contributed by atoms with Gasteiger partial charge in [-0.25, -0.2) is 9.97 Å². The molecule has 2 aliphatic rings. The molecule has 2 aromatic heterocycles. The second-order valence-corrected chi connectivity index (χ2v) is 8.62. The van der Waals surface area contributed by atoms with Gasteiger partial charge in [-0.1, -0.05) is 24.3 Å². The first-order chi connectivity index (χ1) is 17.2. The fourth-order valence-corrected chi connectivity index (χ4v) is 4.66. The van der Waals surface area contributed by atoms with Crippen LogP contribution in [-0.2, 0) is 17.8 Å². The van der Waals surface area contributed by atoms with Gasteiger partial charge >= 0.3 is 0 Å². The van der Waals surface area contributed by atoms with Crippen molar-refractivity contribution >= 4 is 33.7 Å². The lowest BCUT2D eigenvalue weighted by atomic mass is 10.2. The monoisotopic (exact) mass is 474 g/mol. The molecule has 10 heteroatoms. The quantitative estimate of drug-likeness (QED) is 0.437. The maximum absolute atomic E-state index is 13.0. The summed E-state index contributed by atoms with van der Waals surface area (Å²) in [5, 5.41) is 4.64. The highest BCUT2D eigenvalue weighted by atomic mass is 16.7. The van der Waals surface area contributed by atoms with Gasteiger partial charge in [-0.15, -0.1) is 0 Å².